The summed E-state index contributed by atoms with van der Waals surface area (Å²) in [7, 11) is -1.70. The number of amides is 2. The van der Waals surface area contributed by atoms with E-state index in [0.29, 0.717) is 5.56 Å². The maximum absolute atomic E-state index is 13.4. The molecule has 10 nitrogen and oxygen atoms in total. The van der Waals surface area contributed by atoms with Gasteiger partial charge in [0.05, 0.1) is 16.7 Å². The standard InChI is InChI=1S/C35H34N2O8Si/c1-46(2,3)22-20-27-19-21-37(35(41)36-27)31-30(45-34(40)26-17-11-6-12-18-26)29(44-33(39)25-15-9-5-10-16-25)28(43-31)23-42-32(38)24-13-7-4-8-14-24/h4-19,21,27-31H,23H2,1-3H3,(H,36,41)/t27?,28-,29+,30+,31-/m1/s1. The van der Waals surface area contributed by atoms with Crippen LogP contribution < -0.4 is 5.32 Å². The van der Waals surface area contributed by atoms with Gasteiger partial charge in [-0.05, 0) is 42.5 Å². The number of urea groups is 1. The van der Waals surface area contributed by atoms with Gasteiger partial charge in [0.15, 0.2) is 18.4 Å². The zero-order valence-corrected chi connectivity index (χ0v) is 26.6. The van der Waals surface area contributed by atoms with Crippen LogP contribution in [0.3, 0.4) is 0 Å². The second-order valence-electron chi connectivity index (χ2n) is 11.7. The third kappa shape index (κ3) is 8.09. The van der Waals surface area contributed by atoms with Crippen molar-refractivity contribution in [3.05, 3.63) is 120 Å². The molecule has 2 aliphatic rings. The number of benzene rings is 3. The molecule has 3 aromatic rings. The fourth-order valence-corrected chi connectivity index (χ4v) is 5.35. The van der Waals surface area contributed by atoms with Crippen LogP contribution in [0.25, 0.3) is 0 Å². The molecule has 1 N–H and O–H groups in total. The molecule has 0 spiro atoms. The van der Waals surface area contributed by atoms with E-state index in [0.717, 1.165) is 0 Å². The summed E-state index contributed by atoms with van der Waals surface area (Å²) in [5, 5.41) is 2.82. The lowest BCUT2D eigenvalue weighted by molar-refractivity contribution is -0.0733. The zero-order valence-electron chi connectivity index (χ0n) is 25.6. The molecular weight excluding hydrogens is 604 g/mol. The molecule has 2 heterocycles. The van der Waals surface area contributed by atoms with Gasteiger partial charge in [-0.2, -0.15) is 0 Å². The number of hydrogen-bond donors (Lipinski definition) is 1. The van der Waals surface area contributed by atoms with E-state index < -0.39 is 62.6 Å². The summed E-state index contributed by atoms with van der Waals surface area (Å²) in [6.07, 6.45) is -1.72. The highest BCUT2D eigenvalue weighted by atomic mass is 28.3. The lowest BCUT2D eigenvalue weighted by atomic mass is 10.1. The molecule has 0 aliphatic carbocycles. The van der Waals surface area contributed by atoms with E-state index in [2.05, 4.69) is 36.4 Å². The Morgan fingerprint density at radius 1 is 0.783 bits per heavy atom. The van der Waals surface area contributed by atoms with Crippen LogP contribution in [0.5, 0.6) is 0 Å². The minimum absolute atomic E-state index is 0.244. The van der Waals surface area contributed by atoms with Gasteiger partial charge in [0.1, 0.15) is 26.8 Å². The summed E-state index contributed by atoms with van der Waals surface area (Å²) in [5.41, 5.74) is 4.04. The molecular formula is C35H34N2O8Si. The monoisotopic (exact) mass is 638 g/mol. The molecule has 0 saturated carbocycles. The zero-order chi connectivity index (χ0) is 32.7. The van der Waals surface area contributed by atoms with Crippen molar-refractivity contribution >= 4 is 32.0 Å². The molecule has 46 heavy (non-hydrogen) atoms. The molecule has 5 rings (SSSR count). The molecule has 1 saturated heterocycles. The largest absolute Gasteiger partial charge is 0.459 e. The van der Waals surface area contributed by atoms with Crippen LogP contribution in [0.4, 0.5) is 4.79 Å². The number of nitrogens with one attached hydrogen (secondary N) is 1. The number of rotatable bonds is 8. The number of carbonyl (C=O) groups excluding carboxylic acids is 4. The summed E-state index contributed by atoms with van der Waals surface area (Å²) < 4.78 is 23.7. The van der Waals surface area contributed by atoms with Crippen LogP contribution in [-0.2, 0) is 18.9 Å². The van der Waals surface area contributed by atoms with Gasteiger partial charge in [-0.1, -0.05) is 80.2 Å². The fraction of sp³-hybridized carbons (Fsp3) is 0.257. The molecule has 3 aromatic carbocycles. The average Bonchev–Trinajstić information content (AvgIpc) is 3.39. The highest BCUT2D eigenvalue weighted by molar-refractivity contribution is 6.83. The smallest absolute Gasteiger partial charge is 0.338 e. The van der Waals surface area contributed by atoms with Gasteiger partial charge in [-0.25, -0.2) is 19.2 Å². The maximum atomic E-state index is 13.4. The van der Waals surface area contributed by atoms with Crippen molar-refractivity contribution in [2.45, 2.75) is 50.2 Å². The van der Waals surface area contributed by atoms with Gasteiger partial charge < -0.3 is 24.3 Å². The maximum Gasteiger partial charge on any atom is 0.338 e. The summed E-state index contributed by atoms with van der Waals surface area (Å²) in [4.78, 5) is 54.1. The third-order valence-corrected chi connectivity index (χ3v) is 7.90. The summed E-state index contributed by atoms with van der Waals surface area (Å²) in [5.74, 6) is 1.03. The summed E-state index contributed by atoms with van der Waals surface area (Å²) in [6, 6.07) is 23.8. The second kappa shape index (κ2) is 14.3. The topological polar surface area (TPSA) is 120 Å². The molecule has 1 fully saturated rings. The molecule has 2 aliphatic heterocycles. The molecule has 236 valence electrons. The Morgan fingerprint density at radius 2 is 1.28 bits per heavy atom. The minimum Gasteiger partial charge on any atom is -0.459 e. The molecule has 0 radical (unpaired) electrons. The quantitative estimate of drug-likeness (QED) is 0.162. The van der Waals surface area contributed by atoms with Crippen LogP contribution in [0.2, 0.25) is 19.6 Å². The van der Waals surface area contributed by atoms with Gasteiger partial charge >= 0.3 is 23.9 Å². The lowest BCUT2D eigenvalue weighted by Gasteiger charge is -2.33. The van der Waals surface area contributed by atoms with Crippen molar-refractivity contribution < 1.29 is 38.1 Å². The van der Waals surface area contributed by atoms with Crippen molar-refractivity contribution in [3.8, 4) is 11.5 Å². The van der Waals surface area contributed by atoms with Crippen LogP contribution >= 0.6 is 0 Å². The minimum atomic E-state index is -1.70. The van der Waals surface area contributed by atoms with Gasteiger partial charge in [0.2, 0.25) is 0 Å². The van der Waals surface area contributed by atoms with Crippen LogP contribution in [0.1, 0.15) is 31.1 Å². The Morgan fingerprint density at radius 3 is 1.78 bits per heavy atom. The van der Waals surface area contributed by atoms with Crippen molar-refractivity contribution in [1.82, 2.24) is 10.2 Å². The molecule has 11 heteroatoms. The fourth-order valence-electron chi connectivity index (χ4n) is 4.76. The molecule has 2 amide bonds. The van der Waals surface area contributed by atoms with Crippen molar-refractivity contribution in [3.63, 3.8) is 0 Å². The van der Waals surface area contributed by atoms with Crippen LogP contribution in [0, 0.1) is 11.5 Å². The molecule has 1 unspecified atom stereocenters. The Hall–Kier alpha value is -5.18. The first-order valence-electron chi connectivity index (χ1n) is 14.8. The summed E-state index contributed by atoms with van der Waals surface area (Å²) >= 11 is 0. The predicted molar refractivity (Wildman–Crippen MR) is 171 cm³/mol. The third-order valence-electron chi connectivity index (χ3n) is 7.01. The number of ether oxygens (including phenoxy) is 4. The first-order valence-corrected chi connectivity index (χ1v) is 18.3. The number of esters is 3. The van der Waals surface area contributed by atoms with E-state index in [1.165, 1.54) is 11.1 Å². The van der Waals surface area contributed by atoms with E-state index in [-0.39, 0.29) is 17.7 Å². The predicted octanol–water partition coefficient (Wildman–Crippen LogP) is 4.81. The second-order valence-corrected chi connectivity index (χ2v) is 16.4. The average molecular weight is 639 g/mol. The highest BCUT2D eigenvalue weighted by Gasteiger charge is 2.53. The van der Waals surface area contributed by atoms with Gasteiger partial charge in [0, 0.05) is 6.20 Å². The summed E-state index contributed by atoms with van der Waals surface area (Å²) in [6.45, 7) is 5.93. The van der Waals surface area contributed by atoms with Crippen molar-refractivity contribution in [2.75, 3.05) is 6.61 Å². The first kappa shape index (κ1) is 32.2. The van der Waals surface area contributed by atoms with Gasteiger partial charge in [-0.3, -0.25) is 4.90 Å². The van der Waals surface area contributed by atoms with Crippen LogP contribution in [-0.4, -0.2) is 74.1 Å². The Bertz CT molecular complexity index is 1650. The molecule has 0 aromatic heterocycles. The number of hydrogen-bond acceptors (Lipinski definition) is 8. The van der Waals surface area contributed by atoms with Gasteiger partial charge in [-0.15, -0.1) is 5.54 Å². The van der Waals surface area contributed by atoms with E-state index in [1.807, 2.05) is 0 Å². The van der Waals surface area contributed by atoms with E-state index in [1.54, 1.807) is 97.1 Å². The molecule has 5 atom stereocenters. The Labute approximate surface area is 268 Å². The van der Waals surface area contributed by atoms with Crippen molar-refractivity contribution in [2.24, 2.45) is 0 Å². The highest BCUT2D eigenvalue weighted by Crippen LogP contribution is 2.32. The normalized spacial score (nSPS) is 22.2. The van der Waals surface area contributed by atoms with E-state index in [9.17, 15) is 19.2 Å². The van der Waals surface area contributed by atoms with E-state index >= 15 is 0 Å². The van der Waals surface area contributed by atoms with Crippen LogP contribution in [0.15, 0.2) is 103 Å². The van der Waals surface area contributed by atoms with Gasteiger partial charge in [0.25, 0.3) is 0 Å². The van der Waals surface area contributed by atoms with E-state index in [4.69, 9.17) is 18.9 Å². The number of carbonyl (C=O) groups is 4. The lowest BCUT2D eigenvalue weighted by Crippen LogP contribution is -2.54. The first-order chi connectivity index (χ1) is 22.1. The Kier molecular flexibility index (Phi) is 10.0. The number of nitrogens with zero attached hydrogens (tertiary/aromatic N) is 1. The Balaban J connectivity index is 1.47. The van der Waals surface area contributed by atoms with Crippen molar-refractivity contribution in [1.29, 1.82) is 0 Å². The SMILES string of the molecule is C[Si](C)(C)C#CC1C=CN([C@@H]2O[C@H](COC(=O)c3ccccc3)[C@H](OC(=O)c3ccccc3)[C@@H]2OC(=O)c2ccccc2)C(=O)N1. The molecule has 0 bridgehead atoms.